The van der Waals surface area contributed by atoms with Crippen molar-refractivity contribution in [3.05, 3.63) is 30.3 Å². The van der Waals surface area contributed by atoms with Gasteiger partial charge in [0.25, 0.3) is 0 Å². The minimum Gasteiger partial charge on any atom is -0.481 e. The summed E-state index contributed by atoms with van der Waals surface area (Å²) in [5.74, 6) is -1.37. The van der Waals surface area contributed by atoms with Crippen molar-refractivity contribution in [2.24, 2.45) is 0 Å². The molecule has 1 aliphatic rings. The predicted molar refractivity (Wildman–Crippen MR) is 129 cm³/mol. The molecule has 0 saturated carbocycles. The Morgan fingerprint density at radius 2 is 1.51 bits per heavy atom. The smallest absolute Gasteiger partial charge is 0.332 e. The molecule has 1 fully saturated rings. The summed E-state index contributed by atoms with van der Waals surface area (Å²) < 4.78 is 21.4. The molecule has 196 valence electrons. The van der Waals surface area contributed by atoms with Crippen molar-refractivity contribution in [2.75, 3.05) is 71.3 Å². The second kappa shape index (κ2) is 15.5. The number of carboxylic acid groups (broad SMARTS) is 1. The van der Waals surface area contributed by atoms with Crippen LogP contribution in [0.15, 0.2) is 30.3 Å². The monoisotopic (exact) mass is 494 g/mol. The maximum Gasteiger partial charge on any atom is 0.332 e. The van der Waals surface area contributed by atoms with E-state index in [1.165, 1.54) is 7.11 Å². The summed E-state index contributed by atoms with van der Waals surface area (Å²) in [4.78, 5) is 40.2. The Labute approximate surface area is 207 Å². The molecular formula is C25H38N2O8. The lowest BCUT2D eigenvalue weighted by molar-refractivity contribution is -0.151. The van der Waals surface area contributed by atoms with Crippen molar-refractivity contribution in [2.45, 2.75) is 38.1 Å². The first-order valence-corrected chi connectivity index (χ1v) is 12.1. The number of carboxylic acids is 1. The number of likely N-dealkylation sites (tertiary alicyclic amines) is 1. The Morgan fingerprint density at radius 3 is 2.06 bits per heavy atom. The molecule has 10 nitrogen and oxygen atoms in total. The Balaban J connectivity index is 1.77. The number of benzene rings is 1. The van der Waals surface area contributed by atoms with E-state index in [2.05, 4.69) is 4.90 Å². The third-order valence-electron chi connectivity index (χ3n) is 6.00. The third kappa shape index (κ3) is 8.88. The lowest BCUT2D eigenvalue weighted by atomic mass is 9.84. The van der Waals surface area contributed by atoms with E-state index >= 15 is 0 Å². The van der Waals surface area contributed by atoms with Crippen LogP contribution in [0.3, 0.4) is 0 Å². The van der Waals surface area contributed by atoms with Crippen molar-refractivity contribution in [3.8, 4) is 0 Å². The van der Waals surface area contributed by atoms with Gasteiger partial charge in [-0.1, -0.05) is 25.1 Å². The Kier molecular flexibility index (Phi) is 12.7. The zero-order valence-corrected chi connectivity index (χ0v) is 20.8. The number of amides is 1. The second-order valence-electron chi connectivity index (χ2n) is 8.26. The fourth-order valence-corrected chi connectivity index (χ4v) is 4.12. The van der Waals surface area contributed by atoms with E-state index in [9.17, 15) is 14.4 Å². The Bertz CT molecular complexity index is 781. The molecule has 1 heterocycles. The average Bonchev–Trinajstić information content (AvgIpc) is 2.88. The standard InChI is InChI=1S/C25H38N2O8/c1-3-22(28)27(21-7-5-4-6-8-21)25(24(31)32-2)10-12-26(13-11-25)14-16-34-18-20-35-19-17-33-15-9-23(29)30/h4-8H,3,9-20H2,1-2H3,(H,29,30). The van der Waals surface area contributed by atoms with Gasteiger partial charge in [0.15, 0.2) is 0 Å². The van der Waals surface area contributed by atoms with Crippen molar-refractivity contribution < 1.29 is 38.4 Å². The van der Waals surface area contributed by atoms with E-state index in [-0.39, 0.29) is 24.9 Å². The van der Waals surface area contributed by atoms with Gasteiger partial charge in [0, 0.05) is 31.7 Å². The summed E-state index contributed by atoms with van der Waals surface area (Å²) in [5, 5.41) is 8.53. The Hall–Kier alpha value is -2.53. The van der Waals surface area contributed by atoms with Crippen LogP contribution >= 0.6 is 0 Å². The molecule has 1 N–H and O–H groups in total. The lowest BCUT2D eigenvalue weighted by Crippen LogP contribution is -2.62. The zero-order chi connectivity index (χ0) is 25.5. The predicted octanol–water partition coefficient (Wildman–Crippen LogP) is 1.96. The number of esters is 1. The number of hydrogen-bond acceptors (Lipinski definition) is 8. The molecule has 0 spiro atoms. The van der Waals surface area contributed by atoms with E-state index < -0.39 is 11.5 Å². The van der Waals surface area contributed by atoms with Gasteiger partial charge < -0.3 is 29.0 Å². The highest BCUT2D eigenvalue weighted by molar-refractivity contribution is 6.02. The summed E-state index contributed by atoms with van der Waals surface area (Å²) in [6.07, 6.45) is 1.23. The molecule has 0 unspecified atom stereocenters. The summed E-state index contributed by atoms with van der Waals surface area (Å²) >= 11 is 0. The highest BCUT2D eigenvalue weighted by atomic mass is 16.5. The minimum absolute atomic E-state index is 0.0143. The number of rotatable bonds is 16. The molecule has 10 heteroatoms. The maximum absolute atomic E-state index is 13.0. The number of ether oxygens (including phenoxy) is 4. The molecule has 1 aromatic rings. The summed E-state index contributed by atoms with van der Waals surface area (Å²) in [5.41, 5.74) is -0.324. The van der Waals surface area contributed by atoms with Crippen molar-refractivity contribution in [1.82, 2.24) is 4.90 Å². The maximum atomic E-state index is 13.0. The van der Waals surface area contributed by atoms with E-state index in [4.69, 9.17) is 24.1 Å². The topological polar surface area (TPSA) is 115 Å². The molecular weight excluding hydrogens is 456 g/mol. The number of aliphatic carboxylic acids is 1. The van der Waals surface area contributed by atoms with Crippen LogP contribution < -0.4 is 4.90 Å². The number of methoxy groups -OCH3 is 1. The molecule has 2 rings (SSSR count). The molecule has 1 amide bonds. The zero-order valence-electron chi connectivity index (χ0n) is 20.8. The van der Waals surface area contributed by atoms with E-state index in [1.807, 2.05) is 30.3 Å². The molecule has 0 atom stereocenters. The highest BCUT2D eigenvalue weighted by Gasteiger charge is 2.49. The molecule has 0 aromatic heterocycles. The van der Waals surface area contributed by atoms with E-state index in [0.717, 1.165) is 0 Å². The van der Waals surface area contributed by atoms with Gasteiger partial charge >= 0.3 is 11.9 Å². The second-order valence-corrected chi connectivity index (χ2v) is 8.26. The number of carbonyl (C=O) groups excluding carboxylic acids is 2. The van der Waals surface area contributed by atoms with Crippen molar-refractivity contribution in [3.63, 3.8) is 0 Å². The minimum atomic E-state index is -1.03. The summed E-state index contributed by atoms with van der Waals surface area (Å²) in [6, 6.07) is 9.30. The number of para-hydroxylation sites is 1. The number of anilines is 1. The Morgan fingerprint density at radius 1 is 0.943 bits per heavy atom. The van der Waals surface area contributed by atoms with Gasteiger partial charge in [0.05, 0.1) is 53.2 Å². The van der Waals surface area contributed by atoms with Gasteiger partial charge in [-0.2, -0.15) is 0 Å². The van der Waals surface area contributed by atoms with Crippen LogP contribution in [0.1, 0.15) is 32.6 Å². The molecule has 1 aromatic carbocycles. The summed E-state index contributed by atoms with van der Waals surface area (Å²) in [6.45, 7) is 6.11. The fraction of sp³-hybridized carbons (Fsp3) is 0.640. The average molecular weight is 495 g/mol. The SMILES string of the molecule is CCC(=O)N(c1ccccc1)C1(C(=O)OC)CCN(CCOCCOCCOCCC(=O)O)CC1. The molecule has 0 bridgehead atoms. The van der Waals surface area contributed by atoms with Crippen molar-refractivity contribution in [1.29, 1.82) is 0 Å². The third-order valence-corrected chi connectivity index (χ3v) is 6.00. The molecule has 1 aliphatic heterocycles. The van der Waals surface area contributed by atoms with Crippen LogP contribution in [0.2, 0.25) is 0 Å². The first-order chi connectivity index (χ1) is 16.9. The van der Waals surface area contributed by atoms with Crippen LogP contribution in [0.5, 0.6) is 0 Å². The van der Waals surface area contributed by atoms with Crippen LogP contribution in [-0.4, -0.2) is 99.8 Å². The number of hydrogen-bond donors (Lipinski definition) is 1. The van der Waals surface area contributed by atoms with Gasteiger partial charge in [-0.3, -0.25) is 14.5 Å². The molecule has 1 saturated heterocycles. The lowest BCUT2D eigenvalue weighted by Gasteiger charge is -2.46. The molecule has 35 heavy (non-hydrogen) atoms. The van der Waals surface area contributed by atoms with Gasteiger partial charge in [-0.15, -0.1) is 0 Å². The van der Waals surface area contributed by atoms with Crippen LogP contribution in [0, 0.1) is 0 Å². The molecule has 0 radical (unpaired) electrons. The first-order valence-electron chi connectivity index (χ1n) is 12.1. The van der Waals surface area contributed by atoms with E-state index in [0.29, 0.717) is 77.6 Å². The first kappa shape index (κ1) is 28.7. The molecule has 0 aliphatic carbocycles. The fourth-order valence-electron chi connectivity index (χ4n) is 4.12. The van der Waals surface area contributed by atoms with Crippen LogP contribution in [0.25, 0.3) is 0 Å². The van der Waals surface area contributed by atoms with E-state index in [1.54, 1.807) is 11.8 Å². The van der Waals surface area contributed by atoms with Crippen LogP contribution in [0.4, 0.5) is 5.69 Å². The number of carbonyl (C=O) groups is 3. The number of nitrogens with zero attached hydrogens (tertiary/aromatic N) is 2. The van der Waals surface area contributed by atoms with Gasteiger partial charge in [-0.05, 0) is 25.0 Å². The van der Waals surface area contributed by atoms with Gasteiger partial charge in [0.1, 0.15) is 5.54 Å². The quantitative estimate of drug-likeness (QED) is 0.272. The summed E-state index contributed by atoms with van der Waals surface area (Å²) in [7, 11) is 1.37. The van der Waals surface area contributed by atoms with Gasteiger partial charge in [0.2, 0.25) is 5.91 Å². The number of piperidine rings is 1. The van der Waals surface area contributed by atoms with Crippen molar-refractivity contribution >= 4 is 23.5 Å². The van der Waals surface area contributed by atoms with Gasteiger partial charge in [-0.25, -0.2) is 4.79 Å². The highest BCUT2D eigenvalue weighted by Crippen LogP contribution is 2.35. The normalized spacial score (nSPS) is 15.5. The largest absolute Gasteiger partial charge is 0.481 e. The van der Waals surface area contributed by atoms with Crippen LogP contribution in [-0.2, 0) is 33.3 Å².